The zero-order valence-corrected chi connectivity index (χ0v) is 12.7. The molecular weight excluding hydrogens is 285 g/mol. The standard InChI is InChI=1S/C16H20FN3O2/c1-11-13(10-20(2)19-11)5-8-16(22)18-9-15(21)12-3-6-14(17)7-4-12/h3-4,6-7,10,15,21H,5,8-9H2,1-2H3,(H,18,22). The predicted molar refractivity (Wildman–Crippen MR) is 80.6 cm³/mol. The highest BCUT2D eigenvalue weighted by Gasteiger charge is 2.11. The Hall–Kier alpha value is -2.21. The van der Waals surface area contributed by atoms with Crippen LogP contribution in [0.2, 0.25) is 0 Å². The van der Waals surface area contributed by atoms with Crippen molar-refractivity contribution in [3.63, 3.8) is 0 Å². The van der Waals surface area contributed by atoms with Crippen molar-refractivity contribution in [1.29, 1.82) is 0 Å². The zero-order valence-electron chi connectivity index (χ0n) is 12.7. The maximum Gasteiger partial charge on any atom is 0.220 e. The minimum atomic E-state index is -0.843. The summed E-state index contributed by atoms with van der Waals surface area (Å²) in [5, 5.41) is 16.8. The van der Waals surface area contributed by atoms with E-state index in [1.807, 2.05) is 20.2 Å². The Labute approximate surface area is 128 Å². The number of nitrogens with one attached hydrogen (secondary N) is 1. The summed E-state index contributed by atoms with van der Waals surface area (Å²) < 4.78 is 14.5. The van der Waals surface area contributed by atoms with E-state index < -0.39 is 6.10 Å². The van der Waals surface area contributed by atoms with Gasteiger partial charge >= 0.3 is 0 Å². The number of hydrogen-bond donors (Lipinski definition) is 2. The van der Waals surface area contributed by atoms with Gasteiger partial charge in [-0.2, -0.15) is 5.10 Å². The van der Waals surface area contributed by atoms with Gasteiger partial charge in [-0.1, -0.05) is 12.1 Å². The largest absolute Gasteiger partial charge is 0.387 e. The van der Waals surface area contributed by atoms with Crippen LogP contribution in [0.1, 0.15) is 29.3 Å². The fourth-order valence-electron chi connectivity index (χ4n) is 2.24. The van der Waals surface area contributed by atoms with Crippen molar-refractivity contribution in [3.05, 3.63) is 53.1 Å². The topological polar surface area (TPSA) is 67.2 Å². The van der Waals surface area contributed by atoms with Crippen molar-refractivity contribution in [3.8, 4) is 0 Å². The van der Waals surface area contributed by atoms with Crippen LogP contribution in [-0.2, 0) is 18.3 Å². The first-order chi connectivity index (χ1) is 10.5. The fourth-order valence-corrected chi connectivity index (χ4v) is 2.24. The van der Waals surface area contributed by atoms with Crippen molar-refractivity contribution in [2.75, 3.05) is 6.54 Å². The van der Waals surface area contributed by atoms with Gasteiger partial charge in [0.05, 0.1) is 11.8 Å². The van der Waals surface area contributed by atoms with E-state index in [2.05, 4.69) is 10.4 Å². The zero-order chi connectivity index (χ0) is 16.1. The summed E-state index contributed by atoms with van der Waals surface area (Å²) in [4.78, 5) is 11.8. The van der Waals surface area contributed by atoms with Crippen LogP contribution in [0.4, 0.5) is 4.39 Å². The first-order valence-corrected chi connectivity index (χ1v) is 7.15. The van der Waals surface area contributed by atoms with E-state index in [1.165, 1.54) is 24.3 Å². The van der Waals surface area contributed by atoms with Gasteiger partial charge in [-0.15, -0.1) is 0 Å². The highest BCUT2D eigenvalue weighted by atomic mass is 19.1. The second-order valence-electron chi connectivity index (χ2n) is 5.28. The Morgan fingerprint density at radius 1 is 1.41 bits per heavy atom. The van der Waals surface area contributed by atoms with Crippen LogP contribution in [0.25, 0.3) is 0 Å². The lowest BCUT2D eigenvalue weighted by Gasteiger charge is -2.12. The quantitative estimate of drug-likeness (QED) is 0.853. The molecule has 1 amide bonds. The van der Waals surface area contributed by atoms with Gasteiger partial charge in [-0.05, 0) is 36.6 Å². The molecular formula is C16H20FN3O2. The Balaban J connectivity index is 1.77. The summed E-state index contributed by atoms with van der Waals surface area (Å²) >= 11 is 0. The lowest BCUT2D eigenvalue weighted by Crippen LogP contribution is -2.28. The molecule has 118 valence electrons. The molecule has 6 heteroatoms. The van der Waals surface area contributed by atoms with Crippen molar-refractivity contribution >= 4 is 5.91 Å². The van der Waals surface area contributed by atoms with Crippen LogP contribution in [0.5, 0.6) is 0 Å². The normalized spacial score (nSPS) is 12.2. The second-order valence-corrected chi connectivity index (χ2v) is 5.28. The molecule has 0 saturated carbocycles. The summed E-state index contributed by atoms with van der Waals surface area (Å²) in [6.07, 6.45) is 2.00. The molecule has 0 spiro atoms. The Kier molecular flexibility index (Phi) is 5.27. The van der Waals surface area contributed by atoms with Crippen LogP contribution in [0.15, 0.2) is 30.5 Å². The third-order valence-electron chi connectivity index (χ3n) is 3.48. The van der Waals surface area contributed by atoms with Gasteiger partial charge in [0.2, 0.25) is 5.91 Å². The maximum absolute atomic E-state index is 12.8. The number of rotatable bonds is 6. The molecule has 1 aromatic heterocycles. The number of halogens is 1. The first kappa shape index (κ1) is 16.2. The van der Waals surface area contributed by atoms with Gasteiger partial charge in [0.1, 0.15) is 5.82 Å². The van der Waals surface area contributed by atoms with Gasteiger partial charge in [0.15, 0.2) is 0 Å². The Morgan fingerprint density at radius 2 is 2.09 bits per heavy atom. The predicted octanol–water partition coefficient (Wildman–Crippen LogP) is 1.65. The molecule has 2 rings (SSSR count). The van der Waals surface area contributed by atoms with Crippen molar-refractivity contribution in [1.82, 2.24) is 15.1 Å². The van der Waals surface area contributed by atoms with Crippen LogP contribution < -0.4 is 5.32 Å². The third-order valence-corrected chi connectivity index (χ3v) is 3.48. The van der Waals surface area contributed by atoms with Crippen molar-refractivity contribution in [2.45, 2.75) is 25.9 Å². The molecule has 0 aliphatic carbocycles. The molecule has 2 aromatic rings. The molecule has 0 bridgehead atoms. The lowest BCUT2D eigenvalue weighted by molar-refractivity contribution is -0.121. The molecule has 2 N–H and O–H groups in total. The van der Waals surface area contributed by atoms with E-state index >= 15 is 0 Å². The van der Waals surface area contributed by atoms with Crippen molar-refractivity contribution < 1.29 is 14.3 Å². The SMILES string of the molecule is Cc1nn(C)cc1CCC(=O)NCC(O)c1ccc(F)cc1. The minimum Gasteiger partial charge on any atom is -0.387 e. The molecule has 1 unspecified atom stereocenters. The smallest absolute Gasteiger partial charge is 0.220 e. The molecule has 1 aromatic carbocycles. The average molecular weight is 305 g/mol. The lowest BCUT2D eigenvalue weighted by atomic mass is 10.1. The number of aryl methyl sites for hydroxylation is 3. The molecule has 0 aliphatic rings. The van der Waals surface area contributed by atoms with E-state index in [0.717, 1.165) is 11.3 Å². The summed E-state index contributed by atoms with van der Waals surface area (Å²) in [6, 6.07) is 5.58. The third kappa shape index (κ3) is 4.39. The summed E-state index contributed by atoms with van der Waals surface area (Å²) in [7, 11) is 1.84. The molecule has 0 fully saturated rings. The van der Waals surface area contributed by atoms with Gasteiger partial charge in [0, 0.05) is 26.2 Å². The number of hydrogen-bond acceptors (Lipinski definition) is 3. The number of carbonyl (C=O) groups is 1. The van der Waals surface area contributed by atoms with E-state index in [0.29, 0.717) is 18.4 Å². The number of benzene rings is 1. The fraction of sp³-hybridized carbons (Fsp3) is 0.375. The van der Waals surface area contributed by atoms with Gasteiger partial charge < -0.3 is 10.4 Å². The monoisotopic (exact) mass is 305 g/mol. The first-order valence-electron chi connectivity index (χ1n) is 7.15. The molecule has 1 heterocycles. The highest BCUT2D eigenvalue weighted by molar-refractivity contribution is 5.76. The van der Waals surface area contributed by atoms with Crippen LogP contribution in [0.3, 0.4) is 0 Å². The van der Waals surface area contributed by atoms with Crippen LogP contribution in [-0.4, -0.2) is 27.3 Å². The van der Waals surface area contributed by atoms with E-state index in [1.54, 1.807) is 4.68 Å². The number of aliphatic hydroxyl groups excluding tert-OH is 1. The van der Waals surface area contributed by atoms with Crippen LogP contribution >= 0.6 is 0 Å². The van der Waals surface area contributed by atoms with Gasteiger partial charge in [-0.25, -0.2) is 4.39 Å². The number of carbonyl (C=O) groups excluding carboxylic acids is 1. The number of aromatic nitrogens is 2. The van der Waals surface area contributed by atoms with E-state index in [4.69, 9.17) is 0 Å². The molecule has 0 saturated heterocycles. The second kappa shape index (κ2) is 7.17. The summed E-state index contributed by atoms with van der Waals surface area (Å²) in [5.74, 6) is -0.490. The minimum absolute atomic E-state index is 0.108. The maximum atomic E-state index is 12.8. The summed E-state index contributed by atoms with van der Waals surface area (Å²) in [5.41, 5.74) is 2.53. The average Bonchev–Trinajstić information content (AvgIpc) is 2.81. The molecule has 0 radical (unpaired) electrons. The molecule has 1 atom stereocenters. The van der Waals surface area contributed by atoms with Gasteiger partial charge in [-0.3, -0.25) is 9.48 Å². The number of aliphatic hydroxyl groups is 1. The number of amides is 1. The molecule has 5 nitrogen and oxygen atoms in total. The highest BCUT2D eigenvalue weighted by Crippen LogP contribution is 2.12. The summed E-state index contributed by atoms with van der Waals surface area (Å²) in [6.45, 7) is 2.02. The Morgan fingerprint density at radius 3 is 2.68 bits per heavy atom. The van der Waals surface area contributed by atoms with Crippen molar-refractivity contribution in [2.24, 2.45) is 7.05 Å². The Bertz CT molecular complexity index is 637. The van der Waals surface area contributed by atoms with Gasteiger partial charge in [0.25, 0.3) is 0 Å². The van der Waals surface area contributed by atoms with E-state index in [-0.39, 0.29) is 18.3 Å². The van der Waals surface area contributed by atoms with E-state index in [9.17, 15) is 14.3 Å². The van der Waals surface area contributed by atoms with Crippen LogP contribution in [0, 0.1) is 12.7 Å². The molecule has 22 heavy (non-hydrogen) atoms. The number of nitrogens with zero attached hydrogens (tertiary/aromatic N) is 2. The molecule has 0 aliphatic heterocycles.